The van der Waals surface area contributed by atoms with Gasteiger partial charge in [0, 0.05) is 17.6 Å². The predicted molar refractivity (Wildman–Crippen MR) is 119 cm³/mol. The Bertz CT molecular complexity index is 1230. The van der Waals surface area contributed by atoms with Crippen molar-refractivity contribution in [3.8, 4) is 0 Å². The Kier molecular flexibility index (Phi) is 4.77. The highest BCUT2D eigenvalue weighted by Gasteiger charge is 2.54. The molecule has 2 heterocycles. The van der Waals surface area contributed by atoms with Crippen molar-refractivity contribution in [2.45, 2.75) is 57.0 Å². The topological polar surface area (TPSA) is 101 Å². The van der Waals surface area contributed by atoms with Gasteiger partial charge in [-0.2, -0.15) is 0 Å². The number of para-hydroxylation sites is 1. The number of nitrogens with zero attached hydrogens (tertiary/aromatic N) is 2. The van der Waals surface area contributed by atoms with Crippen molar-refractivity contribution in [2.75, 3.05) is 0 Å². The highest BCUT2D eigenvalue weighted by atomic mass is 32.2. The number of non-ortho nitro benzene ring substituents is 1. The third kappa shape index (κ3) is 3.24. The van der Waals surface area contributed by atoms with Gasteiger partial charge in [0.05, 0.1) is 16.1 Å². The van der Waals surface area contributed by atoms with Crippen LogP contribution in [0.15, 0.2) is 54.2 Å². The molecule has 1 saturated heterocycles. The van der Waals surface area contributed by atoms with Gasteiger partial charge in [0.15, 0.2) is 0 Å². The molecule has 0 saturated carbocycles. The summed E-state index contributed by atoms with van der Waals surface area (Å²) in [6, 6.07) is 6.08. The van der Waals surface area contributed by atoms with Crippen LogP contribution in [0.4, 0.5) is 5.69 Å². The van der Waals surface area contributed by atoms with Crippen molar-refractivity contribution >= 4 is 33.7 Å². The lowest BCUT2D eigenvalue weighted by Gasteiger charge is -2.32. The van der Waals surface area contributed by atoms with Gasteiger partial charge in [0.2, 0.25) is 10.0 Å². The van der Waals surface area contributed by atoms with E-state index in [-0.39, 0.29) is 17.6 Å². The second kappa shape index (κ2) is 6.78. The number of benzene rings is 1. The highest BCUT2D eigenvalue weighted by Crippen LogP contribution is 2.42. The van der Waals surface area contributed by atoms with Gasteiger partial charge in [0.25, 0.3) is 5.69 Å². The Hall–Kier alpha value is -2.43. The number of hydrogen-bond acceptors (Lipinski definition) is 6. The van der Waals surface area contributed by atoms with E-state index < -0.39 is 38.0 Å². The summed E-state index contributed by atoms with van der Waals surface area (Å²) < 4.78 is 39.4. The molecule has 0 bridgehead atoms. The quantitative estimate of drug-likeness (QED) is 0.401. The summed E-state index contributed by atoms with van der Waals surface area (Å²) in [4.78, 5) is 11.0. The molecule has 164 valence electrons. The molecule has 8 nitrogen and oxygen atoms in total. The molecule has 1 atom stereocenters. The number of nitro groups is 1. The van der Waals surface area contributed by atoms with Crippen molar-refractivity contribution in [1.82, 2.24) is 3.97 Å². The van der Waals surface area contributed by atoms with Gasteiger partial charge in [-0.15, -0.1) is 0 Å². The molecule has 1 aromatic carbocycles. The molecule has 1 aliphatic carbocycles. The average molecular weight is 444 g/mol. The van der Waals surface area contributed by atoms with Gasteiger partial charge in [-0.25, -0.2) is 12.4 Å². The zero-order chi connectivity index (χ0) is 22.8. The molecule has 1 aromatic heterocycles. The first-order chi connectivity index (χ1) is 14.3. The Labute approximate surface area is 181 Å². The minimum Gasteiger partial charge on any atom is -0.400 e. The number of aromatic nitrogens is 1. The van der Waals surface area contributed by atoms with Crippen LogP contribution >= 0.6 is 0 Å². The van der Waals surface area contributed by atoms with E-state index in [1.54, 1.807) is 37.3 Å². The Balaban J connectivity index is 1.74. The Morgan fingerprint density at radius 1 is 1.10 bits per heavy atom. The van der Waals surface area contributed by atoms with E-state index in [0.717, 1.165) is 3.97 Å². The van der Waals surface area contributed by atoms with Crippen molar-refractivity contribution in [2.24, 2.45) is 0 Å². The summed E-state index contributed by atoms with van der Waals surface area (Å²) in [7, 11) is -4.71. The SMILES string of the molecule is CC1(C)OB(C2=CC=CC(C)(S(=O)(=O)n3ccc4cccc([N+](=O)[O-])c43)C2)OC1(C)C. The van der Waals surface area contributed by atoms with E-state index >= 15 is 0 Å². The number of allylic oxidation sites excluding steroid dienone is 3. The normalized spacial score (nSPS) is 25.1. The minimum atomic E-state index is -4.05. The first-order valence-electron chi connectivity index (χ1n) is 10.0. The van der Waals surface area contributed by atoms with E-state index in [1.807, 2.05) is 33.8 Å². The molecule has 0 N–H and O–H groups in total. The summed E-state index contributed by atoms with van der Waals surface area (Å²) in [6.07, 6.45) is 6.62. The van der Waals surface area contributed by atoms with Crippen LogP contribution in [0.1, 0.15) is 41.0 Å². The van der Waals surface area contributed by atoms with Crippen LogP contribution in [0.5, 0.6) is 0 Å². The molecule has 4 rings (SSSR count). The standard InChI is InChI=1S/C21H25BN2O6S/c1-19(2)20(3,4)30-22(29-19)16-9-7-12-21(5,14-16)31(27,28)23-13-11-15-8-6-10-17(18(15)23)24(25)26/h6-13H,14H2,1-5H3. The van der Waals surface area contributed by atoms with Crippen LogP contribution < -0.4 is 0 Å². The minimum absolute atomic E-state index is 0.0638. The summed E-state index contributed by atoms with van der Waals surface area (Å²) in [5, 5.41) is 12.0. The van der Waals surface area contributed by atoms with Gasteiger partial charge in [-0.3, -0.25) is 10.1 Å². The van der Waals surface area contributed by atoms with Gasteiger partial charge < -0.3 is 9.31 Å². The fraction of sp³-hybridized carbons (Fsp3) is 0.429. The molecule has 0 amide bonds. The molecule has 2 aliphatic rings. The summed E-state index contributed by atoms with van der Waals surface area (Å²) in [6.45, 7) is 9.36. The van der Waals surface area contributed by atoms with E-state index in [0.29, 0.717) is 10.9 Å². The Morgan fingerprint density at radius 3 is 2.35 bits per heavy atom. The van der Waals surface area contributed by atoms with Gasteiger partial charge in [0.1, 0.15) is 10.3 Å². The third-order valence-corrected chi connectivity index (χ3v) is 8.85. The second-order valence-corrected chi connectivity index (χ2v) is 11.5. The van der Waals surface area contributed by atoms with Gasteiger partial charge in [-0.05, 0) is 52.6 Å². The zero-order valence-corrected chi connectivity index (χ0v) is 19.0. The summed E-state index contributed by atoms with van der Waals surface area (Å²) in [5.41, 5.74) is -0.582. The monoisotopic (exact) mass is 444 g/mol. The van der Waals surface area contributed by atoms with E-state index in [2.05, 4.69) is 0 Å². The first kappa shape index (κ1) is 21.8. The van der Waals surface area contributed by atoms with Gasteiger partial charge >= 0.3 is 7.12 Å². The lowest BCUT2D eigenvalue weighted by atomic mass is 9.71. The molecule has 0 radical (unpaired) electrons. The molecule has 1 fully saturated rings. The fourth-order valence-electron chi connectivity index (χ4n) is 3.95. The predicted octanol–water partition coefficient (Wildman–Crippen LogP) is 4.00. The van der Waals surface area contributed by atoms with Crippen molar-refractivity contribution in [1.29, 1.82) is 0 Å². The maximum Gasteiger partial charge on any atom is 0.490 e. The average Bonchev–Trinajstić information content (AvgIpc) is 3.20. The van der Waals surface area contributed by atoms with Crippen LogP contribution in [0.2, 0.25) is 0 Å². The van der Waals surface area contributed by atoms with Crippen LogP contribution in [-0.4, -0.2) is 40.4 Å². The van der Waals surface area contributed by atoms with Crippen LogP contribution in [-0.2, 0) is 19.3 Å². The van der Waals surface area contributed by atoms with E-state index in [1.165, 1.54) is 12.3 Å². The maximum absolute atomic E-state index is 13.8. The first-order valence-corrected chi connectivity index (χ1v) is 11.5. The number of rotatable bonds is 4. The summed E-state index contributed by atoms with van der Waals surface area (Å²) >= 11 is 0. The molecule has 1 unspecified atom stereocenters. The van der Waals surface area contributed by atoms with E-state index in [4.69, 9.17) is 9.31 Å². The van der Waals surface area contributed by atoms with Crippen LogP contribution in [0, 0.1) is 10.1 Å². The fourth-order valence-corrected chi connectivity index (χ4v) is 5.66. The largest absolute Gasteiger partial charge is 0.490 e. The van der Waals surface area contributed by atoms with Crippen molar-refractivity contribution < 1.29 is 22.6 Å². The lowest BCUT2D eigenvalue weighted by molar-refractivity contribution is -0.383. The summed E-state index contributed by atoms with van der Waals surface area (Å²) in [5.74, 6) is 0. The third-order valence-electron chi connectivity index (χ3n) is 6.57. The molecule has 10 heteroatoms. The highest BCUT2D eigenvalue weighted by molar-refractivity contribution is 7.91. The van der Waals surface area contributed by atoms with Crippen molar-refractivity contribution in [3.05, 3.63) is 64.3 Å². The molecular weight excluding hydrogens is 419 g/mol. The molecule has 2 aromatic rings. The molecule has 31 heavy (non-hydrogen) atoms. The van der Waals surface area contributed by atoms with Gasteiger partial charge in [-0.1, -0.05) is 30.4 Å². The van der Waals surface area contributed by atoms with Crippen LogP contribution in [0.25, 0.3) is 10.9 Å². The van der Waals surface area contributed by atoms with Crippen LogP contribution in [0.3, 0.4) is 0 Å². The zero-order valence-electron chi connectivity index (χ0n) is 18.2. The Morgan fingerprint density at radius 2 is 1.74 bits per heavy atom. The lowest BCUT2D eigenvalue weighted by Crippen LogP contribution is -2.41. The second-order valence-electron chi connectivity index (χ2n) is 9.27. The number of nitro benzene ring substituents is 1. The smallest absolute Gasteiger partial charge is 0.400 e. The molecule has 0 spiro atoms. The number of fused-ring (bicyclic) bond motifs is 1. The van der Waals surface area contributed by atoms with Crippen molar-refractivity contribution in [3.63, 3.8) is 0 Å². The van der Waals surface area contributed by atoms with E-state index in [9.17, 15) is 18.5 Å². The molecule has 1 aliphatic heterocycles. The maximum atomic E-state index is 13.8. The molecular formula is C21H25BN2O6S. The number of hydrogen-bond donors (Lipinski definition) is 0.